The Morgan fingerprint density at radius 1 is 1.18 bits per heavy atom. The van der Waals surface area contributed by atoms with Gasteiger partial charge in [-0.2, -0.15) is 0 Å². The van der Waals surface area contributed by atoms with E-state index < -0.39 is 0 Å². The summed E-state index contributed by atoms with van der Waals surface area (Å²) in [6.45, 7) is 3.35. The Labute approximate surface area is 133 Å². The summed E-state index contributed by atoms with van der Waals surface area (Å²) in [6, 6.07) is 0. The molecule has 5 rings (SSSR count). The van der Waals surface area contributed by atoms with Crippen LogP contribution in [0.3, 0.4) is 0 Å². The van der Waals surface area contributed by atoms with Crippen LogP contribution in [-0.2, 0) is 9.53 Å². The van der Waals surface area contributed by atoms with Gasteiger partial charge < -0.3 is 9.53 Å². The molecule has 0 N–H and O–H groups in total. The fourth-order valence-electron chi connectivity index (χ4n) is 7.47. The highest BCUT2D eigenvalue weighted by Crippen LogP contribution is 2.71. The molecule has 22 heavy (non-hydrogen) atoms. The van der Waals surface area contributed by atoms with Crippen LogP contribution < -0.4 is 0 Å². The molecule has 0 amide bonds. The van der Waals surface area contributed by atoms with Crippen LogP contribution in [0.15, 0.2) is 11.6 Å². The molecule has 0 aromatic carbocycles. The molecule has 3 saturated carbocycles. The minimum atomic E-state index is 0.0125. The van der Waals surface area contributed by atoms with Crippen LogP contribution in [0, 0.1) is 28.6 Å². The van der Waals surface area contributed by atoms with Crippen LogP contribution >= 0.6 is 0 Å². The molecule has 0 radical (unpaired) electrons. The third-order valence-electron chi connectivity index (χ3n) is 8.56. The molecule has 0 aromatic rings. The minimum absolute atomic E-state index is 0.0125. The third kappa shape index (κ3) is 1.36. The van der Waals surface area contributed by atoms with Gasteiger partial charge in [0.15, 0.2) is 0 Å². The molecule has 2 heteroatoms. The summed E-state index contributed by atoms with van der Waals surface area (Å²) in [5.74, 6) is 1.85. The molecule has 1 spiro atoms. The highest BCUT2D eigenvalue weighted by Gasteiger charge is 2.69. The number of aldehydes is 1. The Morgan fingerprint density at radius 3 is 2.95 bits per heavy atom. The van der Waals surface area contributed by atoms with Gasteiger partial charge in [-0.15, -0.1) is 0 Å². The van der Waals surface area contributed by atoms with Crippen molar-refractivity contribution in [2.45, 2.75) is 70.3 Å². The Morgan fingerprint density at radius 2 is 2.09 bits per heavy atom. The molecule has 0 unspecified atom stereocenters. The predicted octanol–water partition coefficient (Wildman–Crippen LogP) is 4.29. The van der Waals surface area contributed by atoms with Gasteiger partial charge in [0.2, 0.25) is 0 Å². The van der Waals surface area contributed by atoms with Gasteiger partial charge >= 0.3 is 0 Å². The van der Waals surface area contributed by atoms with Gasteiger partial charge in [-0.1, -0.05) is 25.8 Å². The van der Waals surface area contributed by atoms with Crippen LogP contribution in [0.4, 0.5) is 0 Å². The molecule has 0 aromatic heterocycles. The van der Waals surface area contributed by atoms with Crippen LogP contribution in [0.25, 0.3) is 0 Å². The molecule has 2 nitrogen and oxygen atoms in total. The number of carbonyl (C=O) groups excluding carboxylic acids is 1. The maximum Gasteiger partial charge on any atom is 0.124 e. The average molecular weight is 300 g/mol. The minimum Gasteiger partial charge on any atom is -0.370 e. The SMILES string of the molecule is C[C@]12CC[C@@H]3[C@@]45CCCC[C@@H]4CC[C@@]3(OC5)C1=CC[C@@H]2C=O. The van der Waals surface area contributed by atoms with E-state index in [0.717, 1.165) is 24.9 Å². The molecule has 4 aliphatic carbocycles. The van der Waals surface area contributed by atoms with Crippen LogP contribution in [0.5, 0.6) is 0 Å². The third-order valence-corrected chi connectivity index (χ3v) is 8.56. The number of hydrogen-bond donors (Lipinski definition) is 0. The maximum absolute atomic E-state index is 11.6. The summed E-state index contributed by atoms with van der Waals surface area (Å²) in [6.07, 6.45) is 15.3. The van der Waals surface area contributed by atoms with E-state index in [2.05, 4.69) is 13.0 Å². The molecule has 1 aliphatic heterocycles. The number of ether oxygens (including phenoxy) is 1. The molecule has 6 atom stereocenters. The highest BCUT2D eigenvalue weighted by molar-refractivity contribution is 5.60. The normalized spacial score (nSPS) is 55.9. The van der Waals surface area contributed by atoms with E-state index in [0.29, 0.717) is 5.41 Å². The first-order valence-corrected chi connectivity index (χ1v) is 9.46. The molecule has 2 bridgehead atoms. The lowest BCUT2D eigenvalue weighted by Gasteiger charge is -2.58. The second-order valence-electron chi connectivity index (χ2n) is 9.00. The topological polar surface area (TPSA) is 26.3 Å². The first-order valence-electron chi connectivity index (χ1n) is 9.46. The smallest absolute Gasteiger partial charge is 0.124 e. The fraction of sp³-hybridized carbons (Fsp3) is 0.850. The van der Waals surface area contributed by atoms with Gasteiger partial charge in [-0.3, -0.25) is 0 Å². The van der Waals surface area contributed by atoms with E-state index in [9.17, 15) is 4.79 Å². The molecule has 1 saturated heterocycles. The van der Waals surface area contributed by atoms with Gasteiger partial charge in [0.1, 0.15) is 6.29 Å². The van der Waals surface area contributed by atoms with Crippen LogP contribution in [0.2, 0.25) is 0 Å². The van der Waals surface area contributed by atoms with E-state index in [1.807, 2.05) is 0 Å². The molecule has 4 fully saturated rings. The Balaban J connectivity index is 1.60. The predicted molar refractivity (Wildman–Crippen MR) is 85.4 cm³/mol. The molecule has 5 aliphatic rings. The zero-order valence-electron chi connectivity index (χ0n) is 13.8. The quantitative estimate of drug-likeness (QED) is 0.533. The lowest BCUT2D eigenvalue weighted by Crippen LogP contribution is -2.56. The zero-order valence-corrected chi connectivity index (χ0v) is 13.8. The summed E-state index contributed by atoms with van der Waals surface area (Å²) < 4.78 is 6.72. The average Bonchev–Trinajstić information content (AvgIpc) is 2.98. The van der Waals surface area contributed by atoms with E-state index >= 15 is 0 Å². The van der Waals surface area contributed by atoms with Crippen molar-refractivity contribution in [3.8, 4) is 0 Å². The van der Waals surface area contributed by atoms with Gasteiger partial charge in [0, 0.05) is 16.7 Å². The number of allylic oxidation sites excluding steroid dienone is 1. The zero-order chi connectivity index (χ0) is 15.0. The monoisotopic (exact) mass is 300 g/mol. The Kier molecular flexibility index (Phi) is 2.67. The second kappa shape index (κ2) is 4.26. The van der Waals surface area contributed by atoms with Crippen molar-refractivity contribution in [3.05, 3.63) is 11.6 Å². The highest BCUT2D eigenvalue weighted by atomic mass is 16.5. The lowest BCUT2D eigenvalue weighted by molar-refractivity contribution is -0.116. The number of rotatable bonds is 1. The Bertz CT molecular complexity index is 548. The first kappa shape index (κ1) is 13.8. The lowest BCUT2D eigenvalue weighted by atomic mass is 9.45. The van der Waals surface area contributed by atoms with E-state index in [1.165, 1.54) is 63.2 Å². The van der Waals surface area contributed by atoms with Gasteiger partial charge in [-0.25, -0.2) is 0 Å². The van der Waals surface area contributed by atoms with Crippen molar-refractivity contribution >= 4 is 6.29 Å². The van der Waals surface area contributed by atoms with Crippen molar-refractivity contribution in [1.29, 1.82) is 0 Å². The van der Waals surface area contributed by atoms with Crippen molar-refractivity contribution in [1.82, 2.24) is 0 Å². The summed E-state index contributed by atoms with van der Waals surface area (Å²) in [7, 11) is 0. The van der Waals surface area contributed by atoms with Crippen molar-refractivity contribution in [2.75, 3.05) is 6.61 Å². The Hall–Kier alpha value is -0.630. The van der Waals surface area contributed by atoms with E-state index in [-0.39, 0.29) is 16.9 Å². The number of hydrogen-bond acceptors (Lipinski definition) is 2. The van der Waals surface area contributed by atoms with Gasteiger partial charge in [0.05, 0.1) is 12.2 Å². The molecule has 1 heterocycles. The standard InChI is InChI=1S/C20H28O2/c1-18-10-8-17-19-9-3-2-4-14(19)7-11-20(17,22-13-19)16(18)6-5-15(18)12-21/h6,12,14-15,17H,2-5,7-11,13H2,1H3/t14-,15-,17-,18-,19-,20-/m1/s1. The van der Waals surface area contributed by atoms with E-state index in [4.69, 9.17) is 4.74 Å². The van der Waals surface area contributed by atoms with E-state index in [1.54, 1.807) is 0 Å². The molecular weight excluding hydrogens is 272 g/mol. The van der Waals surface area contributed by atoms with Crippen LogP contribution in [-0.4, -0.2) is 18.5 Å². The fourth-order valence-corrected chi connectivity index (χ4v) is 7.47. The summed E-state index contributed by atoms with van der Waals surface area (Å²) in [5, 5.41) is 0. The summed E-state index contributed by atoms with van der Waals surface area (Å²) in [5.41, 5.74) is 2.12. The number of carbonyl (C=O) groups is 1. The maximum atomic E-state index is 11.6. The summed E-state index contributed by atoms with van der Waals surface area (Å²) >= 11 is 0. The molecular formula is C20H28O2. The van der Waals surface area contributed by atoms with Gasteiger partial charge in [0.25, 0.3) is 0 Å². The molecule has 120 valence electrons. The largest absolute Gasteiger partial charge is 0.370 e. The van der Waals surface area contributed by atoms with Crippen molar-refractivity contribution in [3.63, 3.8) is 0 Å². The van der Waals surface area contributed by atoms with Crippen molar-refractivity contribution in [2.24, 2.45) is 28.6 Å². The van der Waals surface area contributed by atoms with Gasteiger partial charge in [-0.05, 0) is 62.4 Å². The summed E-state index contributed by atoms with van der Waals surface area (Å²) in [4.78, 5) is 11.6. The second-order valence-corrected chi connectivity index (χ2v) is 9.00. The van der Waals surface area contributed by atoms with Crippen LogP contribution in [0.1, 0.15) is 64.7 Å². The number of fused-ring (bicyclic) bond motifs is 1. The first-order chi connectivity index (χ1) is 10.7. The van der Waals surface area contributed by atoms with Crippen molar-refractivity contribution < 1.29 is 9.53 Å².